The Morgan fingerprint density at radius 1 is 1.21 bits per heavy atom. The van der Waals surface area contributed by atoms with E-state index in [1.807, 2.05) is 0 Å². The summed E-state index contributed by atoms with van der Waals surface area (Å²) in [6.45, 7) is 0.476. The van der Waals surface area contributed by atoms with Crippen molar-refractivity contribution < 1.29 is 22.8 Å². The van der Waals surface area contributed by atoms with Crippen molar-refractivity contribution in [3.8, 4) is 0 Å². The summed E-state index contributed by atoms with van der Waals surface area (Å²) < 4.78 is 38.1. The van der Waals surface area contributed by atoms with E-state index in [2.05, 4.69) is 10.6 Å². The van der Waals surface area contributed by atoms with Crippen LogP contribution < -0.4 is 10.6 Å². The molecule has 0 aromatic heterocycles. The van der Waals surface area contributed by atoms with Gasteiger partial charge in [0.25, 0.3) is 0 Å². The molecule has 1 aromatic carbocycles. The smallest absolute Gasteiger partial charge is 0.356 e. The zero-order valence-electron chi connectivity index (χ0n) is 13.1. The van der Waals surface area contributed by atoms with Crippen molar-refractivity contribution in [3.05, 3.63) is 35.4 Å². The number of amides is 2. The van der Waals surface area contributed by atoms with Crippen LogP contribution in [0.3, 0.4) is 0 Å². The van der Waals surface area contributed by atoms with Crippen LogP contribution in [0, 0.1) is 5.92 Å². The third-order valence-electron chi connectivity index (χ3n) is 4.95. The van der Waals surface area contributed by atoms with Crippen LogP contribution in [-0.2, 0) is 21.3 Å². The largest absolute Gasteiger partial charge is 0.416 e. The molecule has 0 radical (unpaired) electrons. The minimum atomic E-state index is -4.37. The molecule has 4 nitrogen and oxygen atoms in total. The van der Waals surface area contributed by atoms with Crippen molar-refractivity contribution in [1.82, 2.24) is 10.6 Å². The third-order valence-corrected chi connectivity index (χ3v) is 4.95. The van der Waals surface area contributed by atoms with Gasteiger partial charge >= 0.3 is 6.18 Å². The zero-order chi connectivity index (χ0) is 17.4. The van der Waals surface area contributed by atoms with E-state index in [-0.39, 0.29) is 24.2 Å². The molecule has 1 aromatic rings. The maximum Gasteiger partial charge on any atom is 0.416 e. The Kier molecular flexibility index (Phi) is 4.27. The van der Waals surface area contributed by atoms with E-state index in [1.165, 1.54) is 12.1 Å². The molecule has 24 heavy (non-hydrogen) atoms. The summed E-state index contributed by atoms with van der Waals surface area (Å²) in [6.07, 6.45) is -1.32. The van der Waals surface area contributed by atoms with Crippen LogP contribution in [0.25, 0.3) is 0 Å². The number of nitrogens with one attached hydrogen (secondary N) is 2. The lowest BCUT2D eigenvalue weighted by molar-refractivity contribution is -0.137. The minimum Gasteiger partial charge on any atom is -0.356 e. The number of carbonyl (C=O) groups is 2. The lowest BCUT2D eigenvalue weighted by atomic mass is 9.71. The SMILES string of the molecule is O=C1CC(C(=O)NC2(c3ccc(C(F)(F)F)cc3)CCC2)CCN1. The number of halogens is 3. The highest BCUT2D eigenvalue weighted by Gasteiger charge is 2.42. The lowest BCUT2D eigenvalue weighted by Gasteiger charge is -2.44. The molecule has 0 bridgehead atoms. The molecule has 1 aliphatic heterocycles. The van der Waals surface area contributed by atoms with Gasteiger partial charge in [-0.2, -0.15) is 13.2 Å². The van der Waals surface area contributed by atoms with Gasteiger partial charge in [-0.15, -0.1) is 0 Å². The van der Waals surface area contributed by atoms with E-state index in [1.54, 1.807) is 0 Å². The molecule has 1 unspecified atom stereocenters. The van der Waals surface area contributed by atoms with Gasteiger partial charge in [0.2, 0.25) is 11.8 Å². The Labute approximate surface area is 137 Å². The van der Waals surface area contributed by atoms with Gasteiger partial charge in [-0.25, -0.2) is 0 Å². The molecule has 2 amide bonds. The fraction of sp³-hybridized carbons (Fsp3) is 0.529. The first kappa shape index (κ1) is 16.8. The van der Waals surface area contributed by atoms with Gasteiger partial charge in [-0.1, -0.05) is 12.1 Å². The van der Waals surface area contributed by atoms with Gasteiger partial charge in [0.1, 0.15) is 0 Å². The standard InChI is InChI=1S/C17H19F3N2O2/c18-17(19,20)13-4-2-12(3-5-13)16(7-1-8-16)22-15(24)11-6-9-21-14(23)10-11/h2-5,11H,1,6-10H2,(H,21,23)(H,22,24). The maximum absolute atomic E-state index is 12.7. The van der Waals surface area contributed by atoms with Gasteiger partial charge in [-0.05, 0) is 43.4 Å². The maximum atomic E-state index is 12.7. The van der Waals surface area contributed by atoms with E-state index in [4.69, 9.17) is 0 Å². The fourth-order valence-electron chi connectivity index (χ4n) is 3.34. The van der Waals surface area contributed by atoms with Crippen LogP contribution >= 0.6 is 0 Å². The molecule has 1 atom stereocenters. The van der Waals surface area contributed by atoms with Crippen molar-refractivity contribution in [2.75, 3.05) is 6.54 Å². The predicted octanol–water partition coefficient (Wildman–Crippen LogP) is 2.73. The van der Waals surface area contributed by atoms with Crippen LogP contribution in [0.5, 0.6) is 0 Å². The molecule has 0 spiro atoms. The average Bonchev–Trinajstić information content (AvgIpc) is 2.50. The molecular formula is C17H19F3N2O2. The van der Waals surface area contributed by atoms with E-state index >= 15 is 0 Å². The molecular weight excluding hydrogens is 321 g/mol. The Balaban J connectivity index is 1.74. The Morgan fingerprint density at radius 3 is 2.38 bits per heavy atom. The minimum absolute atomic E-state index is 0.140. The van der Waals surface area contributed by atoms with Crippen molar-refractivity contribution in [3.63, 3.8) is 0 Å². The first-order valence-corrected chi connectivity index (χ1v) is 8.07. The highest BCUT2D eigenvalue weighted by atomic mass is 19.4. The Bertz CT molecular complexity index is 636. The molecule has 3 rings (SSSR count). The van der Waals surface area contributed by atoms with Gasteiger partial charge in [0.15, 0.2) is 0 Å². The van der Waals surface area contributed by atoms with E-state index in [9.17, 15) is 22.8 Å². The van der Waals surface area contributed by atoms with Crippen LogP contribution in [0.4, 0.5) is 13.2 Å². The Morgan fingerprint density at radius 2 is 1.88 bits per heavy atom. The number of hydrogen-bond donors (Lipinski definition) is 2. The molecule has 1 saturated carbocycles. The average molecular weight is 340 g/mol. The third kappa shape index (κ3) is 3.25. The van der Waals surface area contributed by atoms with Crippen molar-refractivity contribution in [2.45, 2.75) is 43.8 Å². The van der Waals surface area contributed by atoms with Gasteiger partial charge in [0.05, 0.1) is 11.1 Å². The normalized spacial score (nSPS) is 23.1. The van der Waals surface area contributed by atoms with Gasteiger partial charge in [0, 0.05) is 18.9 Å². The number of hydrogen-bond acceptors (Lipinski definition) is 2. The van der Waals surface area contributed by atoms with Gasteiger partial charge < -0.3 is 10.6 Å². The number of alkyl halides is 3. The highest BCUT2D eigenvalue weighted by Crippen LogP contribution is 2.42. The van der Waals surface area contributed by atoms with Crippen molar-refractivity contribution in [1.29, 1.82) is 0 Å². The second-order valence-corrected chi connectivity index (χ2v) is 6.54. The van der Waals surface area contributed by atoms with Crippen LogP contribution in [0.1, 0.15) is 43.2 Å². The monoisotopic (exact) mass is 340 g/mol. The number of piperidine rings is 1. The fourth-order valence-corrected chi connectivity index (χ4v) is 3.34. The molecule has 2 N–H and O–H groups in total. The summed E-state index contributed by atoms with van der Waals surface area (Å²) in [5.74, 6) is -0.700. The summed E-state index contributed by atoms with van der Waals surface area (Å²) in [4.78, 5) is 23.9. The van der Waals surface area contributed by atoms with Crippen LogP contribution in [0.15, 0.2) is 24.3 Å². The predicted molar refractivity (Wildman–Crippen MR) is 80.8 cm³/mol. The van der Waals surface area contributed by atoms with Crippen LogP contribution in [-0.4, -0.2) is 18.4 Å². The molecule has 2 aliphatic rings. The molecule has 2 fully saturated rings. The number of benzene rings is 1. The summed E-state index contributed by atoms with van der Waals surface area (Å²) in [6, 6.07) is 4.98. The first-order valence-electron chi connectivity index (χ1n) is 8.07. The molecule has 1 aliphatic carbocycles. The van der Waals surface area contributed by atoms with Crippen molar-refractivity contribution in [2.24, 2.45) is 5.92 Å². The lowest BCUT2D eigenvalue weighted by Crippen LogP contribution is -2.53. The molecule has 1 saturated heterocycles. The number of rotatable bonds is 3. The van der Waals surface area contributed by atoms with Gasteiger partial charge in [-0.3, -0.25) is 9.59 Å². The Hall–Kier alpha value is -2.05. The summed E-state index contributed by atoms with van der Waals surface area (Å²) in [7, 11) is 0. The van der Waals surface area contributed by atoms with E-state index in [0.29, 0.717) is 31.4 Å². The summed E-state index contributed by atoms with van der Waals surface area (Å²) in [5, 5.41) is 5.68. The quantitative estimate of drug-likeness (QED) is 0.889. The molecule has 130 valence electrons. The van der Waals surface area contributed by atoms with Crippen molar-refractivity contribution >= 4 is 11.8 Å². The van der Waals surface area contributed by atoms with E-state index in [0.717, 1.165) is 18.6 Å². The highest BCUT2D eigenvalue weighted by molar-refractivity contribution is 5.87. The second kappa shape index (κ2) is 6.11. The second-order valence-electron chi connectivity index (χ2n) is 6.54. The topological polar surface area (TPSA) is 58.2 Å². The summed E-state index contributed by atoms with van der Waals surface area (Å²) >= 11 is 0. The first-order chi connectivity index (χ1) is 11.3. The zero-order valence-corrected chi connectivity index (χ0v) is 13.1. The van der Waals surface area contributed by atoms with Crippen LogP contribution in [0.2, 0.25) is 0 Å². The summed E-state index contributed by atoms with van der Waals surface area (Å²) in [5.41, 5.74) is -0.610. The van der Waals surface area contributed by atoms with E-state index < -0.39 is 17.3 Å². The molecule has 1 heterocycles. The molecule has 7 heteroatoms. The number of carbonyl (C=O) groups excluding carboxylic acids is 2.